The molecular formula is C20H18N2. The number of hydrogen-bond acceptors (Lipinski definition) is 1. The average Bonchev–Trinajstić information content (AvgIpc) is 2.91. The lowest BCUT2D eigenvalue weighted by Crippen LogP contribution is -1.93. The fraction of sp³-hybridized carbons (Fsp3) is 0.150. The smallest absolute Gasteiger partial charge is 0.0723 e. The summed E-state index contributed by atoms with van der Waals surface area (Å²) in [5.74, 6) is 0. The molecule has 0 amide bonds. The highest BCUT2D eigenvalue weighted by atomic mass is 15.0. The van der Waals surface area contributed by atoms with Gasteiger partial charge in [0, 0.05) is 28.9 Å². The fourth-order valence-corrected chi connectivity index (χ4v) is 3.06. The monoisotopic (exact) mass is 286 g/mol. The molecule has 0 N–H and O–H groups in total. The van der Waals surface area contributed by atoms with Gasteiger partial charge in [-0.05, 0) is 48.7 Å². The zero-order valence-corrected chi connectivity index (χ0v) is 12.9. The number of aromatic nitrogens is 2. The predicted molar refractivity (Wildman–Crippen MR) is 92.7 cm³/mol. The van der Waals surface area contributed by atoms with Crippen molar-refractivity contribution in [2.24, 2.45) is 0 Å². The molecule has 0 unspecified atom stereocenters. The molecule has 2 heteroatoms. The molecule has 2 aromatic heterocycles. The second-order valence-electron chi connectivity index (χ2n) is 5.77. The van der Waals surface area contributed by atoms with Crippen molar-refractivity contribution in [1.29, 1.82) is 0 Å². The summed E-state index contributed by atoms with van der Waals surface area (Å²) in [5.41, 5.74) is 6.02. The molecule has 108 valence electrons. The number of pyridine rings is 1. The van der Waals surface area contributed by atoms with Crippen molar-refractivity contribution in [1.82, 2.24) is 9.55 Å². The molecule has 2 heterocycles. The van der Waals surface area contributed by atoms with Crippen LogP contribution in [0.2, 0.25) is 0 Å². The van der Waals surface area contributed by atoms with Crippen LogP contribution in [-0.4, -0.2) is 9.55 Å². The Bertz CT molecular complexity index is 980. The predicted octanol–water partition coefficient (Wildman–Crippen LogP) is 5.05. The van der Waals surface area contributed by atoms with Crippen LogP contribution < -0.4 is 0 Å². The largest absolute Gasteiger partial charge is 0.316 e. The molecule has 0 bridgehead atoms. The number of benzene rings is 2. The van der Waals surface area contributed by atoms with Crippen LogP contribution in [0.1, 0.15) is 18.1 Å². The van der Waals surface area contributed by atoms with Gasteiger partial charge < -0.3 is 4.57 Å². The number of fused-ring (bicyclic) bond motifs is 2. The van der Waals surface area contributed by atoms with E-state index < -0.39 is 0 Å². The molecule has 4 aromatic rings. The van der Waals surface area contributed by atoms with Crippen LogP contribution in [0.15, 0.2) is 60.9 Å². The summed E-state index contributed by atoms with van der Waals surface area (Å²) in [6.07, 6.45) is 5.20. The lowest BCUT2D eigenvalue weighted by atomic mass is 10.1. The van der Waals surface area contributed by atoms with Gasteiger partial charge in [-0.25, -0.2) is 0 Å². The molecule has 0 aliphatic heterocycles. The highest BCUT2D eigenvalue weighted by molar-refractivity contribution is 5.87. The standard InChI is InChI=1S/C20H18N2/c1-3-15-10-16-8-9-17(11-19(16)21-12-15)22-13-14(2)18-6-4-5-7-20(18)22/h4-13H,3H2,1-2H3. The number of para-hydroxylation sites is 1. The molecule has 0 aliphatic carbocycles. The summed E-state index contributed by atoms with van der Waals surface area (Å²) in [5, 5.41) is 2.51. The van der Waals surface area contributed by atoms with Gasteiger partial charge in [-0.15, -0.1) is 0 Å². The van der Waals surface area contributed by atoms with E-state index in [2.05, 4.69) is 78.1 Å². The van der Waals surface area contributed by atoms with Gasteiger partial charge in [0.15, 0.2) is 0 Å². The van der Waals surface area contributed by atoms with Crippen LogP contribution >= 0.6 is 0 Å². The first-order valence-electron chi connectivity index (χ1n) is 7.72. The summed E-state index contributed by atoms with van der Waals surface area (Å²) in [6, 6.07) is 17.3. The maximum atomic E-state index is 4.61. The third kappa shape index (κ3) is 2.00. The molecule has 2 aromatic carbocycles. The van der Waals surface area contributed by atoms with Gasteiger partial charge in [0.2, 0.25) is 0 Å². The number of nitrogens with zero attached hydrogens (tertiary/aromatic N) is 2. The maximum Gasteiger partial charge on any atom is 0.0723 e. The first kappa shape index (κ1) is 13.1. The average molecular weight is 286 g/mol. The van der Waals surface area contributed by atoms with Crippen molar-refractivity contribution in [3.63, 3.8) is 0 Å². The van der Waals surface area contributed by atoms with Gasteiger partial charge in [-0.1, -0.05) is 31.2 Å². The highest BCUT2D eigenvalue weighted by Gasteiger charge is 2.07. The quantitative estimate of drug-likeness (QED) is 0.504. The molecule has 0 atom stereocenters. The number of aryl methyl sites for hydroxylation is 2. The lowest BCUT2D eigenvalue weighted by molar-refractivity contribution is 1.11. The Labute approximate surface area is 130 Å². The van der Waals surface area contributed by atoms with Crippen LogP contribution in [0.25, 0.3) is 27.5 Å². The summed E-state index contributed by atoms with van der Waals surface area (Å²) in [4.78, 5) is 4.61. The molecule has 0 saturated heterocycles. The van der Waals surface area contributed by atoms with Crippen molar-refractivity contribution in [2.75, 3.05) is 0 Å². The third-order valence-corrected chi connectivity index (χ3v) is 4.32. The van der Waals surface area contributed by atoms with E-state index in [9.17, 15) is 0 Å². The zero-order chi connectivity index (χ0) is 15.1. The third-order valence-electron chi connectivity index (χ3n) is 4.32. The van der Waals surface area contributed by atoms with Crippen LogP contribution in [0.4, 0.5) is 0 Å². The van der Waals surface area contributed by atoms with Gasteiger partial charge in [-0.3, -0.25) is 4.98 Å². The van der Waals surface area contributed by atoms with Crippen molar-refractivity contribution in [3.05, 3.63) is 72.1 Å². The molecule has 2 nitrogen and oxygen atoms in total. The van der Waals surface area contributed by atoms with Crippen LogP contribution in [0.3, 0.4) is 0 Å². The topological polar surface area (TPSA) is 17.8 Å². The van der Waals surface area contributed by atoms with Gasteiger partial charge in [0.25, 0.3) is 0 Å². The van der Waals surface area contributed by atoms with Crippen molar-refractivity contribution >= 4 is 21.8 Å². The first-order valence-corrected chi connectivity index (χ1v) is 7.72. The van der Waals surface area contributed by atoms with Crippen molar-refractivity contribution in [2.45, 2.75) is 20.3 Å². The summed E-state index contributed by atoms with van der Waals surface area (Å²) >= 11 is 0. The van der Waals surface area contributed by atoms with Gasteiger partial charge in [-0.2, -0.15) is 0 Å². The van der Waals surface area contributed by atoms with E-state index in [1.165, 1.54) is 27.4 Å². The van der Waals surface area contributed by atoms with Crippen LogP contribution in [0.5, 0.6) is 0 Å². The molecule has 4 rings (SSSR count). The molecule has 22 heavy (non-hydrogen) atoms. The van der Waals surface area contributed by atoms with Gasteiger partial charge in [0.1, 0.15) is 0 Å². The van der Waals surface area contributed by atoms with E-state index >= 15 is 0 Å². The minimum atomic E-state index is 1.02. The Morgan fingerprint density at radius 2 is 1.91 bits per heavy atom. The van der Waals surface area contributed by atoms with Crippen LogP contribution in [-0.2, 0) is 6.42 Å². The van der Waals surface area contributed by atoms with E-state index in [-0.39, 0.29) is 0 Å². The Morgan fingerprint density at radius 1 is 1.05 bits per heavy atom. The van der Waals surface area contributed by atoms with Crippen molar-refractivity contribution < 1.29 is 0 Å². The van der Waals surface area contributed by atoms with E-state index in [0.717, 1.165) is 17.6 Å². The Kier molecular flexibility index (Phi) is 2.97. The first-order chi connectivity index (χ1) is 10.8. The highest BCUT2D eigenvalue weighted by Crippen LogP contribution is 2.26. The number of hydrogen-bond donors (Lipinski definition) is 0. The SMILES string of the molecule is CCc1cnc2cc(-n3cc(C)c4ccccc43)ccc2c1. The summed E-state index contributed by atoms with van der Waals surface area (Å²) in [7, 11) is 0. The maximum absolute atomic E-state index is 4.61. The second kappa shape index (κ2) is 4.99. The normalized spacial score (nSPS) is 11.4. The van der Waals surface area contributed by atoms with E-state index in [4.69, 9.17) is 0 Å². The number of rotatable bonds is 2. The molecule has 0 fully saturated rings. The van der Waals surface area contributed by atoms with Gasteiger partial charge >= 0.3 is 0 Å². The molecule has 0 saturated carbocycles. The molecule has 0 spiro atoms. The summed E-state index contributed by atoms with van der Waals surface area (Å²) in [6.45, 7) is 4.32. The minimum absolute atomic E-state index is 1.02. The van der Waals surface area contributed by atoms with E-state index in [0.29, 0.717) is 0 Å². The van der Waals surface area contributed by atoms with Gasteiger partial charge in [0.05, 0.1) is 11.0 Å². The molecule has 0 aliphatic rings. The molecule has 0 radical (unpaired) electrons. The minimum Gasteiger partial charge on any atom is -0.316 e. The Hall–Kier alpha value is -2.61. The lowest BCUT2D eigenvalue weighted by Gasteiger charge is -2.07. The zero-order valence-electron chi connectivity index (χ0n) is 12.9. The second-order valence-corrected chi connectivity index (χ2v) is 5.77. The van der Waals surface area contributed by atoms with Crippen LogP contribution in [0, 0.1) is 6.92 Å². The fourth-order valence-electron chi connectivity index (χ4n) is 3.06. The van der Waals surface area contributed by atoms with E-state index in [1.54, 1.807) is 0 Å². The van der Waals surface area contributed by atoms with E-state index in [1.807, 2.05) is 6.20 Å². The summed E-state index contributed by atoms with van der Waals surface area (Å²) < 4.78 is 2.25. The Balaban J connectivity index is 1.93. The molecular weight excluding hydrogens is 268 g/mol. The Morgan fingerprint density at radius 3 is 2.77 bits per heavy atom. The van der Waals surface area contributed by atoms with Crippen molar-refractivity contribution in [3.8, 4) is 5.69 Å².